The Morgan fingerprint density at radius 3 is 2.64 bits per heavy atom. The Morgan fingerprint density at radius 1 is 1.43 bits per heavy atom. The monoisotopic (exact) mass is 194 g/mol. The molecule has 2 atom stereocenters. The average molecular weight is 194 g/mol. The zero-order chi connectivity index (χ0) is 10.1. The van der Waals surface area contributed by atoms with E-state index in [0.717, 1.165) is 30.8 Å². The lowest BCUT2D eigenvalue weighted by Gasteiger charge is -2.06. The summed E-state index contributed by atoms with van der Waals surface area (Å²) in [6, 6.07) is 0. The third-order valence-electron chi connectivity index (χ3n) is 2.87. The fraction of sp³-hybridized carbons (Fsp3) is 0.800. The Bertz CT molecular complexity index is 318. The molecule has 0 radical (unpaired) electrons. The molecule has 1 fully saturated rings. The van der Waals surface area contributed by atoms with E-state index in [4.69, 9.17) is 0 Å². The van der Waals surface area contributed by atoms with Crippen LogP contribution in [0.3, 0.4) is 0 Å². The van der Waals surface area contributed by atoms with E-state index in [1.54, 1.807) is 0 Å². The lowest BCUT2D eigenvalue weighted by Crippen LogP contribution is -2.08. The van der Waals surface area contributed by atoms with Crippen molar-refractivity contribution in [1.29, 1.82) is 0 Å². The van der Waals surface area contributed by atoms with Crippen molar-refractivity contribution in [2.24, 2.45) is 5.92 Å². The van der Waals surface area contributed by atoms with Gasteiger partial charge in [-0.2, -0.15) is 0 Å². The lowest BCUT2D eigenvalue weighted by molar-refractivity contribution is 0.689. The van der Waals surface area contributed by atoms with Crippen LogP contribution in [0.1, 0.15) is 38.9 Å². The number of anilines is 1. The zero-order valence-corrected chi connectivity index (χ0v) is 9.12. The number of hydrogen-bond donors (Lipinski definition) is 1. The van der Waals surface area contributed by atoms with Crippen LogP contribution >= 0.6 is 0 Å². The number of aromatic nitrogens is 3. The maximum Gasteiger partial charge on any atom is 0.224 e. The van der Waals surface area contributed by atoms with E-state index < -0.39 is 0 Å². The first kappa shape index (κ1) is 9.49. The molecular weight excluding hydrogens is 176 g/mol. The van der Waals surface area contributed by atoms with Crippen molar-refractivity contribution in [1.82, 2.24) is 14.8 Å². The summed E-state index contributed by atoms with van der Waals surface area (Å²) >= 11 is 0. The van der Waals surface area contributed by atoms with Crippen molar-refractivity contribution in [3.05, 3.63) is 5.82 Å². The second kappa shape index (κ2) is 3.59. The summed E-state index contributed by atoms with van der Waals surface area (Å²) in [6.07, 6.45) is 1.27. The Kier molecular flexibility index (Phi) is 2.44. The lowest BCUT2D eigenvalue weighted by atomic mass is 10.3. The van der Waals surface area contributed by atoms with Gasteiger partial charge in [0.2, 0.25) is 5.95 Å². The molecule has 78 valence electrons. The fourth-order valence-corrected chi connectivity index (χ4v) is 1.87. The molecule has 1 aliphatic rings. The molecule has 2 rings (SSSR count). The first-order valence-corrected chi connectivity index (χ1v) is 5.44. The van der Waals surface area contributed by atoms with E-state index in [-0.39, 0.29) is 0 Å². The highest BCUT2D eigenvalue weighted by atomic mass is 15.4. The summed E-state index contributed by atoms with van der Waals surface area (Å²) in [5.74, 6) is 3.52. The number of nitrogens with one attached hydrogen (secondary N) is 1. The summed E-state index contributed by atoms with van der Waals surface area (Å²) in [4.78, 5) is 0. The van der Waals surface area contributed by atoms with Crippen LogP contribution in [0, 0.1) is 5.92 Å². The van der Waals surface area contributed by atoms with Crippen LogP contribution in [0.25, 0.3) is 0 Å². The highest BCUT2D eigenvalue weighted by Crippen LogP contribution is 2.46. The molecule has 1 aliphatic carbocycles. The number of rotatable bonds is 4. The van der Waals surface area contributed by atoms with Crippen LogP contribution in [0.5, 0.6) is 0 Å². The average Bonchev–Trinajstić information content (AvgIpc) is 2.77. The summed E-state index contributed by atoms with van der Waals surface area (Å²) < 4.78 is 2.19. The van der Waals surface area contributed by atoms with Crippen LogP contribution in [0.4, 0.5) is 5.95 Å². The van der Waals surface area contributed by atoms with Crippen molar-refractivity contribution in [2.45, 2.75) is 39.7 Å². The van der Waals surface area contributed by atoms with Gasteiger partial charge in [-0.05, 0) is 26.2 Å². The molecule has 0 aromatic carbocycles. The standard InChI is InChI=1S/C10H18N4/c1-4-11-10-13-12-9(14(10)5-2)8-6-7(8)3/h7-8H,4-6H2,1-3H3,(H,11,13). The van der Waals surface area contributed by atoms with Crippen molar-refractivity contribution in [2.75, 3.05) is 11.9 Å². The molecule has 14 heavy (non-hydrogen) atoms. The minimum Gasteiger partial charge on any atom is -0.355 e. The van der Waals surface area contributed by atoms with Gasteiger partial charge in [0.25, 0.3) is 0 Å². The van der Waals surface area contributed by atoms with Gasteiger partial charge in [0, 0.05) is 19.0 Å². The molecule has 1 N–H and O–H groups in total. The van der Waals surface area contributed by atoms with Gasteiger partial charge in [-0.1, -0.05) is 6.92 Å². The van der Waals surface area contributed by atoms with Crippen molar-refractivity contribution in [3.8, 4) is 0 Å². The second-order valence-corrected chi connectivity index (χ2v) is 3.98. The topological polar surface area (TPSA) is 42.7 Å². The van der Waals surface area contributed by atoms with Gasteiger partial charge in [0.15, 0.2) is 0 Å². The summed E-state index contributed by atoms with van der Waals surface area (Å²) in [6.45, 7) is 8.34. The molecule has 0 bridgehead atoms. The summed E-state index contributed by atoms with van der Waals surface area (Å²) in [5, 5.41) is 11.7. The molecule has 1 heterocycles. The Hall–Kier alpha value is -1.06. The van der Waals surface area contributed by atoms with Crippen molar-refractivity contribution >= 4 is 5.95 Å². The van der Waals surface area contributed by atoms with Crippen LogP contribution in [0.2, 0.25) is 0 Å². The predicted octanol–water partition coefficient (Wildman–Crippen LogP) is 1.85. The van der Waals surface area contributed by atoms with Gasteiger partial charge >= 0.3 is 0 Å². The maximum absolute atomic E-state index is 4.27. The van der Waals surface area contributed by atoms with Gasteiger partial charge in [-0.25, -0.2) is 0 Å². The molecule has 4 heteroatoms. The molecule has 1 saturated carbocycles. The van der Waals surface area contributed by atoms with E-state index >= 15 is 0 Å². The third kappa shape index (κ3) is 1.49. The van der Waals surface area contributed by atoms with Crippen molar-refractivity contribution < 1.29 is 0 Å². The van der Waals surface area contributed by atoms with E-state index in [1.807, 2.05) is 0 Å². The van der Waals surface area contributed by atoms with Crippen molar-refractivity contribution in [3.63, 3.8) is 0 Å². The Morgan fingerprint density at radius 2 is 2.14 bits per heavy atom. The first-order valence-electron chi connectivity index (χ1n) is 5.44. The normalized spacial score (nSPS) is 25.1. The molecular formula is C10H18N4. The summed E-state index contributed by atoms with van der Waals surface area (Å²) in [7, 11) is 0. The smallest absolute Gasteiger partial charge is 0.224 e. The second-order valence-electron chi connectivity index (χ2n) is 3.98. The third-order valence-corrected chi connectivity index (χ3v) is 2.87. The minimum atomic E-state index is 0.648. The maximum atomic E-state index is 4.27. The molecule has 0 aliphatic heterocycles. The first-order chi connectivity index (χ1) is 6.77. The summed E-state index contributed by atoms with van der Waals surface area (Å²) in [5.41, 5.74) is 0. The molecule has 2 unspecified atom stereocenters. The molecule has 1 aromatic rings. The molecule has 0 spiro atoms. The predicted molar refractivity (Wildman–Crippen MR) is 56.4 cm³/mol. The Labute approximate surface area is 84.7 Å². The van der Waals surface area contributed by atoms with Gasteiger partial charge < -0.3 is 5.32 Å². The zero-order valence-electron chi connectivity index (χ0n) is 9.12. The van der Waals surface area contributed by atoms with Crippen LogP contribution in [-0.2, 0) is 6.54 Å². The largest absolute Gasteiger partial charge is 0.355 e. The quantitative estimate of drug-likeness (QED) is 0.795. The van der Waals surface area contributed by atoms with E-state index in [9.17, 15) is 0 Å². The molecule has 4 nitrogen and oxygen atoms in total. The molecule has 1 aromatic heterocycles. The number of nitrogens with zero attached hydrogens (tertiary/aromatic N) is 3. The Balaban J connectivity index is 2.23. The fourth-order valence-electron chi connectivity index (χ4n) is 1.87. The van der Waals surface area contributed by atoms with E-state index in [1.165, 1.54) is 6.42 Å². The highest BCUT2D eigenvalue weighted by molar-refractivity contribution is 5.28. The van der Waals surface area contributed by atoms with Gasteiger partial charge in [0.1, 0.15) is 5.82 Å². The number of hydrogen-bond acceptors (Lipinski definition) is 3. The minimum absolute atomic E-state index is 0.648. The van der Waals surface area contributed by atoms with Crippen LogP contribution < -0.4 is 5.32 Å². The highest BCUT2D eigenvalue weighted by Gasteiger charge is 2.38. The SMILES string of the molecule is CCNc1nnc(C2CC2C)n1CC. The van der Waals surface area contributed by atoms with E-state index in [0.29, 0.717) is 5.92 Å². The van der Waals surface area contributed by atoms with Crippen LogP contribution in [0.15, 0.2) is 0 Å². The molecule has 0 saturated heterocycles. The molecule has 0 amide bonds. The van der Waals surface area contributed by atoms with Gasteiger partial charge in [-0.3, -0.25) is 4.57 Å². The van der Waals surface area contributed by atoms with Gasteiger partial charge in [-0.15, -0.1) is 10.2 Å². The van der Waals surface area contributed by atoms with Crippen LogP contribution in [-0.4, -0.2) is 21.3 Å². The van der Waals surface area contributed by atoms with Gasteiger partial charge in [0.05, 0.1) is 0 Å². The van der Waals surface area contributed by atoms with E-state index in [2.05, 4.69) is 40.9 Å².